The molecule has 1 aliphatic rings. The van der Waals surface area contributed by atoms with E-state index in [-0.39, 0.29) is 12.0 Å². The van der Waals surface area contributed by atoms with Gasteiger partial charge >= 0.3 is 6.30 Å². The first kappa shape index (κ1) is 8.84. The third-order valence-electron chi connectivity index (χ3n) is 2.55. The predicted octanol–water partition coefficient (Wildman–Crippen LogP) is 1.99. The van der Waals surface area contributed by atoms with Gasteiger partial charge in [-0.3, -0.25) is 0 Å². The first-order valence-corrected chi connectivity index (χ1v) is 3.67. The van der Waals surface area contributed by atoms with Crippen LogP contribution in [0.25, 0.3) is 0 Å². The fourth-order valence-corrected chi connectivity index (χ4v) is 1.39. The van der Waals surface area contributed by atoms with E-state index in [0.29, 0.717) is 6.42 Å². The van der Waals surface area contributed by atoms with Gasteiger partial charge in [0.2, 0.25) is 0 Å². The van der Waals surface area contributed by atoms with Gasteiger partial charge in [0.1, 0.15) is 0 Å². The van der Waals surface area contributed by atoms with Crippen molar-refractivity contribution in [2.24, 2.45) is 5.92 Å². The maximum absolute atomic E-state index is 12.3. The number of quaternary nitrogens is 1. The smallest absolute Gasteiger partial charge is 0.233 e. The SMILES string of the molecule is CC1CC1[N+](C)(C)C(F)(F)F. The molecule has 1 saturated carbocycles. The summed E-state index contributed by atoms with van der Waals surface area (Å²) in [6.07, 6.45) is -3.40. The highest BCUT2D eigenvalue weighted by molar-refractivity contribution is 4.84. The quantitative estimate of drug-likeness (QED) is 0.415. The van der Waals surface area contributed by atoms with Gasteiger partial charge in [0.05, 0.1) is 20.1 Å². The minimum Gasteiger partial charge on any atom is -0.233 e. The number of nitrogens with zero attached hydrogens (tertiary/aromatic N) is 1. The number of hydrogen-bond acceptors (Lipinski definition) is 0. The highest BCUT2D eigenvalue weighted by Crippen LogP contribution is 2.44. The maximum Gasteiger partial charge on any atom is 0.560 e. The molecule has 0 aromatic rings. The van der Waals surface area contributed by atoms with Crippen molar-refractivity contribution in [3.63, 3.8) is 0 Å². The topological polar surface area (TPSA) is 0 Å². The minimum absolute atomic E-state index is 0.213. The number of halogens is 3. The average molecular weight is 168 g/mol. The molecule has 66 valence electrons. The zero-order valence-corrected chi connectivity index (χ0v) is 6.94. The van der Waals surface area contributed by atoms with Crippen LogP contribution in [0.1, 0.15) is 13.3 Å². The van der Waals surface area contributed by atoms with E-state index in [0.717, 1.165) is 0 Å². The van der Waals surface area contributed by atoms with Gasteiger partial charge in [-0.05, 0) is 0 Å². The summed E-state index contributed by atoms with van der Waals surface area (Å²) in [5, 5.41) is 0. The Bertz CT molecular complexity index is 162. The van der Waals surface area contributed by atoms with E-state index in [1.54, 1.807) is 0 Å². The molecule has 0 bridgehead atoms. The van der Waals surface area contributed by atoms with Gasteiger partial charge < -0.3 is 0 Å². The Morgan fingerprint density at radius 2 is 1.64 bits per heavy atom. The van der Waals surface area contributed by atoms with Crippen molar-refractivity contribution >= 4 is 0 Å². The largest absolute Gasteiger partial charge is 0.560 e. The minimum atomic E-state index is -4.10. The van der Waals surface area contributed by atoms with E-state index in [4.69, 9.17) is 0 Å². The molecule has 11 heavy (non-hydrogen) atoms. The van der Waals surface area contributed by atoms with Gasteiger partial charge in [0, 0.05) is 12.3 Å². The molecular formula is C7H13F3N+. The van der Waals surface area contributed by atoms with Crippen LogP contribution >= 0.6 is 0 Å². The van der Waals surface area contributed by atoms with Gasteiger partial charge in [-0.25, -0.2) is 4.48 Å². The van der Waals surface area contributed by atoms with Gasteiger partial charge in [0.15, 0.2) is 0 Å². The summed E-state index contributed by atoms with van der Waals surface area (Å²) in [4.78, 5) is 0. The second-order valence-corrected chi connectivity index (χ2v) is 3.79. The molecule has 0 N–H and O–H groups in total. The third-order valence-corrected chi connectivity index (χ3v) is 2.55. The number of rotatable bonds is 1. The normalized spacial score (nSPS) is 32.2. The molecule has 0 spiro atoms. The summed E-state index contributed by atoms with van der Waals surface area (Å²) in [5.74, 6) is 0.228. The molecule has 0 amide bonds. The molecule has 0 aromatic carbocycles. The molecule has 0 heterocycles. The summed E-state index contributed by atoms with van der Waals surface area (Å²) in [5.41, 5.74) is 0. The predicted molar refractivity (Wildman–Crippen MR) is 35.7 cm³/mol. The first-order chi connectivity index (χ1) is 4.77. The van der Waals surface area contributed by atoms with Gasteiger partial charge in [-0.15, -0.1) is 13.2 Å². The van der Waals surface area contributed by atoms with Crippen molar-refractivity contribution in [3.05, 3.63) is 0 Å². The van der Waals surface area contributed by atoms with E-state index >= 15 is 0 Å². The van der Waals surface area contributed by atoms with Crippen LogP contribution < -0.4 is 0 Å². The van der Waals surface area contributed by atoms with E-state index in [9.17, 15) is 13.2 Å². The van der Waals surface area contributed by atoms with Gasteiger partial charge in [-0.1, -0.05) is 6.92 Å². The fraction of sp³-hybridized carbons (Fsp3) is 1.00. The molecule has 1 aliphatic carbocycles. The molecule has 2 atom stereocenters. The lowest BCUT2D eigenvalue weighted by molar-refractivity contribution is -1.01. The second kappa shape index (κ2) is 2.12. The Balaban J connectivity index is 2.67. The van der Waals surface area contributed by atoms with Crippen molar-refractivity contribution in [1.29, 1.82) is 0 Å². The summed E-state index contributed by atoms with van der Waals surface area (Å²) in [6.45, 7) is 1.86. The van der Waals surface area contributed by atoms with Crippen molar-refractivity contribution < 1.29 is 17.7 Å². The van der Waals surface area contributed by atoms with Crippen molar-refractivity contribution in [2.75, 3.05) is 14.1 Å². The van der Waals surface area contributed by atoms with Crippen LogP contribution in [0.3, 0.4) is 0 Å². The van der Waals surface area contributed by atoms with Crippen LogP contribution in [0.15, 0.2) is 0 Å². The van der Waals surface area contributed by atoms with E-state index < -0.39 is 10.8 Å². The Labute approximate surface area is 64.4 Å². The molecule has 0 aliphatic heterocycles. The van der Waals surface area contributed by atoms with E-state index in [1.165, 1.54) is 14.1 Å². The van der Waals surface area contributed by atoms with Crippen LogP contribution in [0.2, 0.25) is 0 Å². The highest BCUT2D eigenvalue weighted by Gasteiger charge is 2.60. The molecule has 0 aromatic heterocycles. The lowest BCUT2D eigenvalue weighted by Gasteiger charge is -2.31. The van der Waals surface area contributed by atoms with Crippen LogP contribution in [0, 0.1) is 5.92 Å². The molecule has 1 nitrogen and oxygen atoms in total. The monoisotopic (exact) mass is 168 g/mol. The average Bonchev–Trinajstić information content (AvgIpc) is 2.43. The molecular weight excluding hydrogens is 155 g/mol. The third kappa shape index (κ3) is 1.36. The molecule has 1 rings (SSSR count). The Morgan fingerprint density at radius 1 is 1.27 bits per heavy atom. The summed E-state index contributed by atoms with van der Waals surface area (Å²) < 4.78 is 36.0. The second-order valence-electron chi connectivity index (χ2n) is 3.79. The highest BCUT2D eigenvalue weighted by atomic mass is 19.4. The van der Waals surface area contributed by atoms with Crippen LogP contribution in [-0.2, 0) is 0 Å². The van der Waals surface area contributed by atoms with Gasteiger partial charge in [0.25, 0.3) is 0 Å². The zero-order valence-electron chi connectivity index (χ0n) is 6.94. The Kier molecular flexibility index (Phi) is 1.71. The van der Waals surface area contributed by atoms with Crippen molar-refractivity contribution in [3.8, 4) is 0 Å². The number of alkyl halides is 3. The van der Waals surface area contributed by atoms with E-state index in [2.05, 4.69) is 0 Å². The van der Waals surface area contributed by atoms with Crippen molar-refractivity contribution in [1.82, 2.24) is 0 Å². The van der Waals surface area contributed by atoms with Crippen LogP contribution in [-0.4, -0.2) is 30.9 Å². The standard InChI is InChI=1S/C7H13F3N/c1-5-4-6(5)11(2,3)7(8,9)10/h5-6H,4H2,1-3H3/q+1. The van der Waals surface area contributed by atoms with Crippen LogP contribution in [0.4, 0.5) is 13.2 Å². The van der Waals surface area contributed by atoms with E-state index in [1.807, 2.05) is 6.92 Å². The molecule has 0 radical (unpaired) electrons. The van der Waals surface area contributed by atoms with Gasteiger partial charge in [-0.2, -0.15) is 0 Å². The molecule has 0 saturated heterocycles. The first-order valence-electron chi connectivity index (χ1n) is 3.67. The molecule has 4 heteroatoms. The Hall–Kier alpha value is -0.250. The lowest BCUT2D eigenvalue weighted by Crippen LogP contribution is -2.53. The zero-order chi connectivity index (χ0) is 8.86. The summed E-state index contributed by atoms with van der Waals surface area (Å²) in [6, 6.07) is -0.213. The lowest BCUT2D eigenvalue weighted by atomic mass is 10.4. The molecule has 1 fully saturated rings. The Morgan fingerprint density at radius 3 is 1.73 bits per heavy atom. The summed E-state index contributed by atoms with van der Waals surface area (Å²) >= 11 is 0. The molecule has 2 unspecified atom stereocenters. The van der Waals surface area contributed by atoms with Crippen LogP contribution in [0.5, 0.6) is 0 Å². The number of hydrogen-bond donors (Lipinski definition) is 0. The summed E-state index contributed by atoms with van der Waals surface area (Å²) in [7, 11) is 2.46. The fourth-order valence-electron chi connectivity index (χ4n) is 1.39. The maximum atomic E-state index is 12.3. The van der Waals surface area contributed by atoms with Crippen molar-refractivity contribution in [2.45, 2.75) is 25.7 Å².